The van der Waals surface area contributed by atoms with Crippen molar-refractivity contribution in [2.24, 2.45) is 5.73 Å². The second-order valence-corrected chi connectivity index (χ2v) is 3.52. The smallest absolute Gasteiger partial charge is 0.203 e. The van der Waals surface area contributed by atoms with Gasteiger partial charge in [0.2, 0.25) is 11.6 Å². The number of ketones is 1. The zero-order chi connectivity index (χ0) is 13.7. The first kappa shape index (κ1) is 14.4. The Labute approximate surface area is 101 Å². The lowest BCUT2D eigenvalue weighted by Crippen LogP contribution is -2.15. The molecule has 0 saturated heterocycles. The van der Waals surface area contributed by atoms with E-state index >= 15 is 0 Å². The van der Waals surface area contributed by atoms with Crippen LogP contribution in [0.4, 0.5) is 17.6 Å². The molecule has 100 valence electrons. The fourth-order valence-corrected chi connectivity index (χ4v) is 1.20. The average Bonchev–Trinajstić information content (AvgIpc) is 2.34. The number of halogens is 4. The molecule has 0 heterocycles. The third kappa shape index (κ3) is 3.43. The molecule has 0 fully saturated rings. The first-order valence-electron chi connectivity index (χ1n) is 5.15. The van der Waals surface area contributed by atoms with Crippen LogP contribution >= 0.6 is 0 Å². The van der Waals surface area contributed by atoms with Crippen LogP contribution in [0, 0.1) is 23.3 Å². The molecule has 0 aliphatic heterocycles. The number of carbonyl (C=O) groups excluding carboxylic acids is 1. The molecule has 3 nitrogen and oxygen atoms in total. The van der Waals surface area contributed by atoms with E-state index < -0.39 is 41.4 Å². The molecule has 0 radical (unpaired) electrons. The van der Waals surface area contributed by atoms with Gasteiger partial charge >= 0.3 is 0 Å². The lowest BCUT2D eigenvalue weighted by Gasteiger charge is -2.08. The summed E-state index contributed by atoms with van der Waals surface area (Å²) >= 11 is 0. The zero-order valence-corrected chi connectivity index (χ0v) is 9.31. The topological polar surface area (TPSA) is 52.3 Å². The molecule has 7 heteroatoms. The van der Waals surface area contributed by atoms with E-state index in [-0.39, 0.29) is 19.0 Å². The fraction of sp³-hybridized carbons (Fsp3) is 0.364. The summed E-state index contributed by atoms with van der Waals surface area (Å²) in [5, 5.41) is 0. The van der Waals surface area contributed by atoms with E-state index in [4.69, 9.17) is 5.73 Å². The molecule has 1 aromatic rings. The second-order valence-electron chi connectivity index (χ2n) is 3.52. The van der Waals surface area contributed by atoms with Crippen molar-refractivity contribution >= 4 is 5.78 Å². The molecule has 0 spiro atoms. The predicted molar refractivity (Wildman–Crippen MR) is 55.1 cm³/mol. The standard InChI is InChI=1S/C11H11F4NO2/c12-7-4-8(13)10(15)11(9(7)14)18-5-6(17)2-1-3-16/h4H,1-3,5,16H2. The third-order valence-electron chi connectivity index (χ3n) is 2.11. The second kappa shape index (κ2) is 6.34. The highest BCUT2D eigenvalue weighted by Crippen LogP contribution is 2.26. The van der Waals surface area contributed by atoms with Crippen molar-refractivity contribution in [3.8, 4) is 5.75 Å². The Balaban J connectivity index is 2.76. The van der Waals surface area contributed by atoms with Crippen molar-refractivity contribution in [2.75, 3.05) is 13.2 Å². The van der Waals surface area contributed by atoms with Gasteiger partial charge in [0.05, 0.1) is 0 Å². The molecule has 18 heavy (non-hydrogen) atoms. The van der Waals surface area contributed by atoms with Gasteiger partial charge in [0.15, 0.2) is 23.2 Å². The molecule has 0 unspecified atom stereocenters. The third-order valence-corrected chi connectivity index (χ3v) is 2.11. The van der Waals surface area contributed by atoms with Gasteiger partial charge in [0.1, 0.15) is 6.61 Å². The summed E-state index contributed by atoms with van der Waals surface area (Å²) in [4.78, 5) is 11.2. The van der Waals surface area contributed by atoms with Crippen LogP contribution in [0.15, 0.2) is 6.07 Å². The highest BCUT2D eigenvalue weighted by atomic mass is 19.2. The van der Waals surface area contributed by atoms with Crippen LogP contribution in [0.3, 0.4) is 0 Å². The van der Waals surface area contributed by atoms with Crippen LogP contribution in [0.2, 0.25) is 0 Å². The Kier molecular flexibility index (Phi) is 5.08. The predicted octanol–water partition coefficient (Wildman–Crippen LogP) is 1.93. The monoisotopic (exact) mass is 265 g/mol. The summed E-state index contributed by atoms with van der Waals surface area (Å²) in [6.07, 6.45) is 0.461. The number of Topliss-reactive ketones (excluding diaryl/α,β-unsaturated/α-hetero) is 1. The van der Waals surface area contributed by atoms with E-state index in [0.29, 0.717) is 6.42 Å². The Morgan fingerprint density at radius 1 is 1.17 bits per heavy atom. The zero-order valence-electron chi connectivity index (χ0n) is 9.31. The number of ether oxygens (including phenoxy) is 1. The molecule has 0 aromatic heterocycles. The van der Waals surface area contributed by atoms with E-state index in [9.17, 15) is 22.4 Å². The maximum atomic E-state index is 13.1. The molecule has 0 aliphatic carbocycles. The maximum absolute atomic E-state index is 13.1. The van der Waals surface area contributed by atoms with Crippen molar-refractivity contribution in [3.63, 3.8) is 0 Å². The van der Waals surface area contributed by atoms with Gasteiger partial charge in [-0.2, -0.15) is 8.78 Å². The van der Waals surface area contributed by atoms with Gasteiger partial charge in [-0.25, -0.2) is 8.78 Å². The summed E-state index contributed by atoms with van der Waals surface area (Å²) in [7, 11) is 0. The normalized spacial score (nSPS) is 10.5. The Bertz CT molecular complexity index is 425. The minimum absolute atomic E-state index is 0.0633. The Morgan fingerprint density at radius 2 is 1.72 bits per heavy atom. The molecule has 0 atom stereocenters. The summed E-state index contributed by atoms with van der Waals surface area (Å²) in [5.41, 5.74) is 5.16. The van der Waals surface area contributed by atoms with E-state index in [1.54, 1.807) is 0 Å². The Morgan fingerprint density at radius 3 is 2.22 bits per heavy atom. The molecular formula is C11H11F4NO2. The highest BCUT2D eigenvalue weighted by molar-refractivity contribution is 5.79. The summed E-state index contributed by atoms with van der Waals surface area (Å²) in [6.45, 7) is -0.389. The van der Waals surface area contributed by atoms with Gasteiger partial charge in [0, 0.05) is 12.5 Å². The van der Waals surface area contributed by atoms with Crippen LogP contribution in [0.25, 0.3) is 0 Å². The van der Waals surface area contributed by atoms with Crippen molar-refractivity contribution in [3.05, 3.63) is 29.3 Å². The number of benzene rings is 1. The molecule has 2 N–H and O–H groups in total. The molecule has 0 bridgehead atoms. The Hall–Kier alpha value is -1.63. The molecule has 1 aromatic carbocycles. The number of carbonyl (C=O) groups is 1. The molecule has 1 rings (SSSR count). The van der Waals surface area contributed by atoms with Gasteiger partial charge in [0.25, 0.3) is 0 Å². The quantitative estimate of drug-likeness (QED) is 0.631. The molecular weight excluding hydrogens is 254 g/mol. The SMILES string of the molecule is NCCCC(=O)COc1c(F)c(F)cc(F)c1F. The fourth-order valence-electron chi connectivity index (χ4n) is 1.20. The number of nitrogens with two attached hydrogens (primary N) is 1. The summed E-state index contributed by atoms with van der Waals surface area (Å²) < 4.78 is 56.2. The molecule has 0 amide bonds. The van der Waals surface area contributed by atoms with E-state index in [1.807, 2.05) is 0 Å². The van der Waals surface area contributed by atoms with Gasteiger partial charge in [-0.05, 0) is 13.0 Å². The van der Waals surface area contributed by atoms with Crippen molar-refractivity contribution < 1.29 is 27.1 Å². The first-order valence-corrected chi connectivity index (χ1v) is 5.15. The number of hydrogen-bond acceptors (Lipinski definition) is 3. The van der Waals surface area contributed by atoms with Crippen molar-refractivity contribution in [1.82, 2.24) is 0 Å². The lowest BCUT2D eigenvalue weighted by molar-refractivity contribution is -0.121. The van der Waals surface area contributed by atoms with E-state index in [2.05, 4.69) is 4.74 Å². The minimum atomic E-state index is -1.67. The van der Waals surface area contributed by atoms with Gasteiger partial charge in [-0.1, -0.05) is 0 Å². The van der Waals surface area contributed by atoms with E-state index in [0.717, 1.165) is 0 Å². The first-order chi connectivity index (χ1) is 8.47. The van der Waals surface area contributed by atoms with Crippen LogP contribution in [0.5, 0.6) is 5.75 Å². The molecule has 0 saturated carbocycles. The van der Waals surface area contributed by atoms with Crippen molar-refractivity contribution in [2.45, 2.75) is 12.8 Å². The number of hydrogen-bond donors (Lipinski definition) is 1. The lowest BCUT2D eigenvalue weighted by atomic mass is 10.2. The van der Waals surface area contributed by atoms with Gasteiger partial charge < -0.3 is 10.5 Å². The van der Waals surface area contributed by atoms with Crippen LogP contribution in [0.1, 0.15) is 12.8 Å². The summed E-state index contributed by atoms with van der Waals surface area (Å²) in [5.74, 6) is -8.20. The van der Waals surface area contributed by atoms with Gasteiger partial charge in [-0.3, -0.25) is 4.79 Å². The molecule has 0 aliphatic rings. The van der Waals surface area contributed by atoms with Crippen LogP contribution in [-0.4, -0.2) is 18.9 Å². The van der Waals surface area contributed by atoms with Crippen LogP contribution in [-0.2, 0) is 4.79 Å². The highest BCUT2D eigenvalue weighted by Gasteiger charge is 2.21. The number of rotatable bonds is 6. The maximum Gasteiger partial charge on any atom is 0.203 e. The van der Waals surface area contributed by atoms with E-state index in [1.165, 1.54) is 0 Å². The van der Waals surface area contributed by atoms with Gasteiger partial charge in [-0.15, -0.1) is 0 Å². The van der Waals surface area contributed by atoms with Crippen LogP contribution < -0.4 is 10.5 Å². The average molecular weight is 265 g/mol. The van der Waals surface area contributed by atoms with Crippen molar-refractivity contribution in [1.29, 1.82) is 0 Å². The minimum Gasteiger partial charge on any atom is -0.480 e. The largest absolute Gasteiger partial charge is 0.480 e. The summed E-state index contributed by atoms with van der Waals surface area (Å²) in [6, 6.07) is 0.0633.